The molecule has 0 atom stereocenters. The molecule has 6 heteroatoms. The summed E-state index contributed by atoms with van der Waals surface area (Å²) in [6, 6.07) is 0. The average Bonchev–Trinajstić information content (AvgIpc) is 2.51. The van der Waals surface area contributed by atoms with Crippen LogP contribution in [-0.2, 0) is 9.59 Å². The molecule has 0 heterocycles. The summed E-state index contributed by atoms with van der Waals surface area (Å²) in [6.45, 7) is 21.4. The minimum atomic E-state index is -1.31. The van der Waals surface area contributed by atoms with Crippen LogP contribution >= 0.6 is 0 Å². The topological polar surface area (TPSA) is 81.1 Å². The van der Waals surface area contributed by atoms with Crippen LogP contribution in [0.5, 0.6) is 0 Å². The highest BCUT2D eigenvalue weighted by Crippen LogP contribution is 1.91. The Labute approximate surface area is 136 Å². The van der Waals surface area contributed by atoms with Gasteiger partial charge in [-0.1, -0.05) is 41.5 Å². The second-order valence-electron chi connectivity index (χ2n) is 4.64. The minimum absolute atomic E-state index is 1.12. The van der Waals surface area contributed by atoms with Crippen molar-refractivity contribution < 1.29 is 19.8 Å². The number of carboxylic acids is 2. The van der Waals surface area contributed by atoms with Gasteiger partial charge >= 0.3 is 11.9 Å². The number of aliphatic carboxylic acids is 2. The van der Waals surface area contributed by atoms with Crippen LogP contribution in [0.2, 0.25) is 0 Å². The van der Waals surface area contributed by atoms with Crippen LogP contribution in [0.3, 0.4) is 0 Å². The van der Waals surface area contributed by atoms with Gasteiger partial charge in [0, 0.05) is 0 Å². The normalized spacial score (nSPS) is 9.91. The molecule has 0 aliphatic rings. The van der Waals surface area contributed by atoms with Crippen LogP contribution < -0.4 is 0 Å². The van der Waals surface area contributed by atoms with Gasteiger partial charge in [-0.05, 0) is 46.2 Å². The average molecular weight is 320 g/mol. The maximum Gasteiger partial charge on any atom is 0.317 e. The molecule has 0 bridgehead atoms. The first kappa shape index (κ1) is 25.8. The molecule has 0 unspecified atom stereocenters. The molecule has 2 N–H and O–H groups in total. The number of hydrogen-bond acceptors (Lipinski definition) is 4. The molecule has 0 fully saturated rings. The first-order valence-corrected chi connectivity index (χ1v) is 8.15. The summed E-state index contributed by atoms with van der Waals surface area (Å²) in [6.07, 6.45) is 0. The lowest BCUT2D eigenvalue weighted by Gasteiger charge is -2.13. The third kappa shape index (κ3) is 16.9. The molecular formula is C16H36N2O4. The fraction of sp³-hybridized carbons (Fsp3) is 0.875. The molecule has 0 radical (unpaired) electrons. The van der Waals surface area contributed by atoms with Crippen molar-refractivity contribution in [2.75, 3.05) is 39.3 Å². The van der Waals surface area contributed by atoms with Crippen LogP contribution in [-0.4, -0.2) is 71.2 Å². The highest BCUT2D eigenvalue weighted by molar-refractivity contribution is 5.92. The summed E-state index contributed by atoms with van der Waals surface area (Å²) in [7, 11) is 0. The second-order valence-corrected chi connectivity index (χ2v) is 4.64. The summed E-state index contributed by atoms with van der Waals surface area (Å²) < 4.78 is 0. The lowest BCUT2D eigenvalue weighted by molar-refractivity contribution is -0.153. The fourth-order valence-corrected chi connectivity index (χ4v) is 1.45. The summed E-state index contributed by atoms with van der Waals surface area (Å²) >= 11 is 0. The van der Waals surface area contributed by atoms with Crippen molar-refractivity contribution in [1.29, 1.82) is 0 Å². The third-order valence-electron chi connectivity index (χ3n) is 3.42. The van der Waals surface area contributed by atoms with Crippen molar-refractivity contribution in [2.45, 2.75) is 48.5 Å². The van der Waals surface area contributed by atoms with Gasteiger partial charge in [-0.3, -0.25) is 9.59 Å². The minimum Gasteiger partial charge on any atom is -0.481 e. The van der Waals surface area contributed by atoms with Crippen molar-refractivity contribution in [3.05, 3.63) is 0 Å². The molecule has 0 amide bonds. The maximum absolute atomic E-state index is 9.76. The summed E-state index contributed by atoms with van der Waals surface area (Å²) in [5.74, 6) is -3.91. The molecule has 0 rings (SSSR count). The Bertz CT molecular complexity index is 228. The molecule has 0 aliphatic heterocycles. The number of hydrogen-bond donors (Lipinski definition) is 2. The molecule has 134 valence electrons. The van der Waals surface area contributed by atoms with Crippen molar-refractivity contribution in [3.8, 4) is 0 Å². The van der Waals surface area contributed by atoms with E-state index in [-0.39, 0.29) is 0 Å². The molecule has 0 saturated heterocycles. The van der Waals surface area contributed by atoms with E-state index in [1.54, 1.807) is 0 Å². The van der Waals surface area contributed by atoms with Crippen molar-refractivity contribution in [2.24, 2.45) is 5.92 Å². The number of carbonyl (C=O) groups is 2. The van der Waals surface area contributed by atoms with Gasteiger partial charge in [0.25, 0.3) is 0 Å². The Balaban J connectivity index is -0.000000247. The van der Waals surface area contributed by atoms with E-state index in [2.05, 4.69) is 51.3 Å². The highest BCUT2D eigenvalue weighted by atomic mass is 16.4. The van der Waals surface area contributed by atoms with E-state index in [0.29, 0.717) is 0 Å². The summed E-state index contributed by atoms with van der Waals surface area (Å²) in [4.78, 5) is 24.3. The van der Waals surface area contributed by atoms with Gasteiger partial charge < -0.3 is 20.0 Å². The van der Waals surface area contributed by atoms with Gasteiger partial charge in [0.15, 0.2) is 5.92 Å². The van der Waals surface area contributed by atoms with E-state index in [0.717, 1.165) is 6.92 Å². The number of nitrogens with zero attached hydrogens (tertiary/aromatic N) is 2. The predicted molar refractivity (Wildman–Crippen MR) is 91.4 cm³/mol. The van der Waals surface area contributed by atoms with Crippen LogP contribution in [0.15, 0.2) is 0 Å². The molecular weight excluding hydrogens is 284 g/mol. The first-order chi connectivity index (χ1) is 10.2. The zero-order valence-electron chi connectivity index (χ0n) is 15.4. The molecule has 0 aromatic rings. The van der Waals surface area contributed by atoms with E-state index in [1.165, 1.54) is 39.3 Å². The quantitative estimate of drug-likeness (QED) is 0.669. The standard InChI is InChI=1S/2C6H15N.C4H6O4/c2*1-4-7(5-2)6-3;1-2(3(5)6)4(7)8/h2*4-6H2,1-3H3;2H,1H3,(H,5,6)(H,7,8). The van der Waals surface area contributed by atoms with E-state index in [1.807, 2.05) is 0 Å². The highest BCUT2D eigenvalue weighted by Gasteiger charge is 2.18. The Morgan fingerprint density at radius 2 is 0.864 bits per heavy atom. The molecule has 6 nitrogen and oxygen atoms in total. The largest absolute Gasteiger partial charge is 0.481 e. The van der Waals surface area contributed by atoms with Crippen LogP contribution in [0, 0.1) is 5.92 Å². The van der Waals surface area contributed by atoms with E-state index in [9.17, 15) is 9.59 Å². The van der Waals surface area contributed by atoms with E-state index < -0.39 is 17.9 Å². The zero-order valence-corrected chi connectivity index (χ0v) is 15.4. The van der Waals surface area contributed by atoms with Crippen LogP contribution in [0.25, 0.3) is 0 Å². The predicted octanol–water partition coefficient (Wildman–Crippen LogP) is 2.49. The van der Waals surface area contributed by atoms with E-state index >= 15 is 0 Å². The van der Waals surface area contributed by atoms with Crippen molar-refractivity contribution in [3.63, 3.8) is 0 Å². The zero-order chi connectivity index (χ0) is 18.1. The lowest BCUT2D eigenvalue weighted by atomic mass is 10.2. The maximum atomic E-state index is 9.76. The molecule has 0 aliphatic carbocycles. The monoisotopic (exact) mass is 320 g/mol. The third-order valence-corrected chi connectivity index (χ3v) is 3.42. The first-order valence-electron chi connectivity index (χ1n) is 8.15. The Morgan fingerprint density at radius 1 is 0.682 bits per heavy atom. The summed E-state index contributed by atoms with van der Waals surface area (Å²) in [5, 5.41) is 15.9. The summed E-state index contributed by atoms with van der Waals surface area (Å²) in [5.41, 5.74) is 0. The number of carboxylic acid groups (broad SMARTS) is 2. The van der Waals surface area contributed by atoms with Gasteiger partial charge in [0.1, 0.15) is 0 Å². The molecule has 0 aromatic heterocycles. The Morgan fingerprint density at radius 3 is 0.864 bits per heavy atom. The molecule has 0 saturated carbocycles. The van der Waals surface area contributed by atoms with Gasteiger partial charge in [-0.2, -0.15) is 0 Å². The number of rotatable bonds is 8. The van der Waals surface area contributed by atoms with Gasteiger partial charge in [0.05, 0.1) is 0 Å². The molecule has 22 heavy (non-hydrogen) atoms. The smallest absolute Gasteiger partial charge is 0.317 e. The SMILES string of the molecule is CC(C(=O)O)C(=O)O.CCN(CC)CC.CCN(CC)CC. The van der Waals surface area contributed by atoms with Gasteiger partial charge in [0.2, 0.25) is 0 Å². The van der Waals surface area contributed by atoms with E-state index in [4.69, 9.17) is 10.2 Å². The molecule has 0 spiro atoms. The van der Waals surface area contributed by atoms with Crippen LogP contribution in [0.4, 0.5) is 0 Å². The van der Waals surface area contributed by atoms with Crippen molar-refractivity contribution in [1.82, 2.24) is 9.80 Å². The van der Waals surface area contributed by atoms with Crippen LogP contribution in [0.1, 0.15) is 48.5 Å². The molecule has 0 aromatic carbocycles. The van der Waals surface area contributed by atoms with Gasteiger partial charge in [-0.25, -0.2) is 0 Å². The van der Waals surface area contributed by atoms with Gasteiger partial charge in [-0.15, -0.1) is 0 Å². The Hall–Kier alpha value is -1.14. The fourth-order valence-electron chi connectivity index (χ4n) is 1.45. The van der Waals surface area contributed by atoms with Crippen molar-refractivity contribution >= 4 is 11.9 Å². The lowest BCUT2D eigenvalue weighted by Crippen LogP contribution is -2.21. The Kier molecular flexibility index (Phi) is 21.0. The second kappa shape index (κ2) is 17.9.